The minimum atomic E-state index is -0.617. The highest BCUT2D eigenvalue weighted by atomic mass is 16.3. The minimum absolute atomic E-state index is 0.0276. The van der Waals surface area contributed by atoms with Crippen molar-refractivity contribution in [1.29, 1.82) is 0 Å². The van der Waals surface area contributed by atoms with E-state index in [2.05, 4.69) is 121 Å². The second kappa shape index (κ2) is 8.23. The number of rotatable bonds is 2. The molecule has 0 heterocycles. The van der Waals surface area contributed by atoms with E-state index in [1.807, 2.05) is 0 Å². The molecule has 0 bridgehead atoms. The molecule has 33 heavy (non-hydrogen) atoms. The molecule has 2 nitrogen and oxygen atoms in total. The van der Waals surface area contributed by atoms with Crippen LogP contribution in [-0.4, -0.2) is 22.4 Å². The molecule has 0 saturated carbocycles. The third kappa shape index (κ3) is 4.85. The van der Waals surface area contributed by atoms with Gasteiger partial charge in [-0.1, -0.05) is 107 Å². The molecule has 0 amide bonds. The molecule has 0 radical (unpaired) electrons. The van der Waals surface area contributed by atoms with E-state index in [-0.39, 0.29) is 21.7 Å². The fourth-order valence-electron chi connectivity index (χ4n) is 6.13. The summed E-state index contributed by atoms with van der Waals surface area (Å²) in [7, 11) is 0. The molecule has 0 aromatic carbocycles. The fourth-order valence-corrected chi connectivity index (χ4v) is 6.13. The van der Waals surface area contributed by atoms with E-state index < -0.39 is 23.0 Å². The minimum Gasteiger partial charge on any atom is -0.388 e. The zero-order valence-corrected chi connectivity index (χ0v) is 24.1. The van der Waals surface area contributed by atoms with Gasteiger partial charge in [0.15, 0.2) is 0 Å². The van der Waals surface area contributed by atoms with Gasteiger partial charge in [-0.15, -0.1) is 0 Å². The van der Waals surface area contributed by atoms with E-state index >= 15 is 0 Å². The van der Waals surface area contributed by atoms with E-state index in [0.29, 0.717) is 6.42 Å². The van der Waals surface area contributed by atoms with Gasteiger partial charge in [0.2, 0.25) is 0 Å². The normalized spacial score (nSPS) is 32.1. The van der Waals surface area contributed by atoms with Gasteiger partial charge in [0.05, 0.1) is 12.2 Å². The van der Waals surface area contributed by atoms with Crippen molar-refractivity contribution >= 4 is 0 Å². The van der Waals surface area contributed by atoms with Crippen molar-refractivity contribution in [2.75, 3.05) is 0 Å². The van der Waals surface area contributed by atoms with Gasteiger partial charge in [-0.05, 0) is 64.2 Å². The maximum Gasteiger partial charge on any atom is 0.0822 e. The maximum atomic E-state index is 11.7. The molecular formula is C31H52O2. The third-order valence-electron chi connectivity index (χ3n) is 8.52. The first-order valence-electron chi connectivity index (χ1n) is 12.7. The van der Waals surface area contributed by atoms with Gasteiger partial charge in [0.1, 0.15) is 0 Å². The van der Waals surface area contributed by atoms with Gasteiger partial charge in [0.25, 0.3) is 0 Å². The molecule has 0 fully saturated rings. The number of aliphatic hydroxyl groups is 2. The largest absolute Gasteiger partial charge is 0.388 e. The molecule has 0 aromatic heterocycles. The summed E-state index contributed by atoms with van der Waals surface area (Å²) < 4.78 is 0. The second-order valence-electron chi connectivity index (χ2n) is 15.0. The van der Waals surface area contributed by atoms with E-state index in [1.54, 1.807) is 0 Å². The highest BCUT2D eigenvalue weighted by molar-refractivity contribution is 5.45. The number of hydrogen-bond acceptors (Lipinski definition) is 2. The van der Waals surface area contributed by atoms with Crippen molar-refractivity contribution < 1.29 is 10.2 Å². The van der Waals surface area contributed by atoms with Crippen LogP contribution in [0.5, 0.6) is 0 Å². The third-order valence-corrected chi connectivity index (χ3v) is 8.52. The molecule has 4 atom stereocenters. The molecule has 188 valence electrons. The Hall–Kier alpha value is -1.12. The molecule has 0 aliphatic heterocycles. The van der Waals surface area contributed by atoms with Crippen molar-refractivity contribution in [3.8, 4) is 0 Å². The summed E-state index contributed by atoms with van der Waals surface area (Å²) in [6, 6.07) is 0. The summed E-state index contributed by atoms with van der Waals surface area (Å²) in [6.07, 6.45) is 8.32. The van der Waals surface area contributed by atoms with Crippen LogP contribution in [0.1, 0.15) is 103 Å². The lowest BCUT2D eigenvalue weighted by Crippen LogP contribution is -2.55. The summed E-state index contributed by atoms with van der Waals surface area (Å²) in [5, 5.41) is 23.5. The number of hydrogen-bond donors (Lipinski definition) is 2. The predicted molar refractivity (Wildman–Crippen MR) is 143 cm³/mol. The van der Waals surface area contributed by atoms with Crippen LogP contribution in [0.3, 0.4) is 0 Å². The van der Waals surface area contributed by atoms with Crippen molar-refractivity contribution in [2.45, 2.75) is 116 Å². The van der Waals surface area contributed by atoms with Crippen LogP contribution in [-0.2, 0) is 0 Å². The maximum absolute atomic E-state index is 11.7. The van der Waals surface area contributed by atoms with Gasteiger partial charge >= 0.3 is 0 Å². The molecule has 2 rings (SSSR count). The smallest absolute Gasteiger partial charge is 0.0822 e. The van der Waals surface area contributed by atoms with Gasteiger partial charge in [-0.3, -0.25) is 0 Å². The highest BCUT2D eigenvalue weighted by Crippen LogP contribution is 2.62. The molecule has 0 spiro atoms. The van der Waals surface area contributed by atoms with Gasteiger partial charge < -0.3 is 10.2 Å². The Balaban J connectivity index is 2.90. The number of aliphatic hydroxyl groups excluding tert-OH is 2. The SMILES string of the molecule is CC1=CC(O)C(CC2(C(C)(C)C)C=C(C(C)(C)C)C(C)=CC2O)(C(C)(C)C)C=C1C(C)(C)C. The number of allylic oxidation sites excluding steroid dienone is 4. The molecule has 4 unspecified atom stereocenters. The molecule has 2 N–H and O–H groups in total. The second-order valence-corrected chi connectivity index (χ2v) is 15.0. The Morgan fingerprint density at radius 1 is 0.606 bits per heavy atom. The van der Waals surface area contributed by atoms with E-state index in [1.165, 1.54) is 11.1 Å². The lowest BCUT2D eigenvalue weighted by molar-refractivity contribution is -0.0817. The first-order chi connectivity index (χ1) is 14.5. The van der Waals surface area contributed by atoms with Crippen LogP contribution in [0.2, 0.25) is 0 Å². The molecule has 2 heteroatoms. The lowest BCUT2D eigenvalue weighted by atomic mass is 9.47. The average molecular weight is 457 g/mol. The molecule has 0 aromatic rings. The molecule has 2 aliphatic rings. The zero-order valence-electron chi connectivity index (χ0n) is 24.1. The Morgan fingerprint density at radius 3 is 1.09 bits per heavy atom. The van der Waals surface area contributed by atoms with Crippen molar-refractivity contribution in [3.05, 3.63) is 46.6 Å². The first-order valence-corrected chi connectivity index (χ1v) is 12.7. The van der Waals surface area contributed by atoms with Crippen LogP contribution >= 0.6 is 0 Å². The van der Waals surface area contributed by atoms with Crippen LogP contribution in [0, 0.1) is 32.5 Å². The first kappa shape index (κ1) is 28.1. The summed E-state index contributed by atoms with van der Waals surface area (Å²) in [4.78, 5) is 0. The highest BCUT2D eigenvalue weighted by Gasteiger charge is 2.57. The van der Waals surface area contributed by atoms with E-state index in [4.69, 9.17) is 0 Å². The fraction of sp³-hybridized carbons (Fsp3) is 0.742. The van der Waals surface area contributed by atoms with Crippen LogP contribution < -0.4 is 0 Å². The van der Waals surface area contributed by atoms with Gasteiger partial charge in [-0.2, -0.15) is 0 Å². The monoisotopic (exact) mass is 456 g/mol. The van der Waals surface area contributed by atoms with Crippen LogP contribution in [0.25, 0.3) is 0 Å². The molecule has 0 saturated heterocycles. The van der Waals surface area contributed by atoms with Gasteiger partial charge in [0, 0.05) is 10.8 Å². The summed E-state index contributed by atoms with van der Waals surface area (Å²) in [5.41, 5.74) is 3.36. The van der Waals surface area contributed by atoms with Crippen LogP contribution in [0.4, 0.5) is 0 Å². The summed E-state index contributed by atoms with van der Waals surface area (Å²) >= 11 is 0. The molecule has 2 aliphatic carbocycles. The Labute approximate surface area is 205 Å². The summed E-state index contributed by atoms with van der Waals surface area (Å²) in [6.45, 7) is 31.2. The van der Waals surface area contributed by atoms with Crippen LogP contribution in [0.15, 0.2) is 46.6 Å². The standard InChI is InChI=1S/C31H52O2/c1-20-15-24(32)30(28(9,10)11,17-22(20)26(3,4)5)19-31(29(12,13)14)18-23(27(6,7)8)21(2)16-25(31)33/h15-18,24-25,32-33H,19H2,1-14H3. The lowest BCUT2D eigenvalue weighted by Gasteiger charge is -2.58. The molecular weight excluding hydrogens is 404 g/mol. The predicted octanol–water partition coefficient (Wildman–Crippen LogP) is 8.03. The van der Waals surface area contributed by atoms with Crippen molar-refractivity contribution in [2.24, 2.45) is 32.5 Å². The zero-order chi connectivity index (χ0) is 26.0. The topological polar surface area (TPSA) is 40.5 Å². The average Bonchev–Trinajstić information content (AvgIpc) is 2.55. The Bertz CT molecular complexity index is 809. The van der Waals surface area contributed by atoms with Crippen molar-refractivity contribution in [1.82, 2.24) is 0 Å². The van der Waals surface area contributed by atoms with Gasteiger partial charge in [-0.25, -0.2) is 0 Å². The van der Waals surface area contributed by atoms with E-state index in [0.717, 1.165) is 11.1 Å². The Kier molecular flexibility index (Phi) is 7.01. The summed E-state index contributed by atoms with van der Waals surface area (Å²) in [5.74, 6) is 0. The Morgan fingerprint density at radius 2 is 0.879 bits per heavy atom. The van der Waals surface area contributed by atoms with E-state index in [9.17, 15) is 10.2 Å². The quantitative estimate of drug-likeness (QED) is 0.441. The van der Waals surface area contributed by atoms with Crippen molar-refractivity contribution in [3.63, 3.8) is 0 Å².